The van der Waals surface area contributed by atoms with Crippen molar-refractivity contribution in [1.29, 1.82) is 0 Å². The number of hydrogen-bond acceptors (Lipinski definition) is 7. The number of carbonyl (C=O) groups excluding carboxylic acids is 2. The molecule has 7 nitrogen and oxygen atoms in total. The Balaban J connectivity index is 1.44. The quantitative estimate of drug-likeness (QED) is 0.352. The Morgan fingerprint density at radius 3 is 2.53 bits per heavy atom. The molecule has 0 bridgehead atoms. The zero-order chi connectivity index (χ0) is 25.9. The first kappa shape index (κ1) is 26.7. The lowest BCUT2D eigenvalue weighted by Gasteiger charge is -2.29. The molecule has 2 aromatic carbocycles. The van der Waals surface area contributed by atoms with E-state index in [9.17, 15) is 18.0 Å². The van der Waals surface area contributed by atoms with Crippen LogP contribution < -0.4 is 4.74 Å². The Morgan fingerprint density at radius 1 is 1.22 bits per heavy atom. The second-order valence-corrected chi connectivity index (χ2v) is 12.9. The van der Waals surface area contributed by atoms with Gasteiger partial charge in [0, 0.05) is 30.6 Å². The van der Waals surface area contributed by atoms with Gasteiger partial charge in [-0.2, -0.15) is 0 Å². The SMILES string of the molecule is COc1ccc(/C=C2\SC(=S)N(CCC(=O)N(Cc3ccc(Cl)cc3)[C@H]3CCS(=O)(=O)C3)C2=O)cc1. The zero-order valence-electron chi connectivity index (χ0n) is 19.6. The fourth-order valence-corrected chi connectivity index (χ4v) is 7.29. The Hall–Kier alpha value is -2.40. The summed E-state index contributed by atoms with van der Waals surface area (Å²) < 4.78 is 29.7. The topological polar surface area (TPSA) is 84.0 Å². The van der Waals surface area contributed by atoms with Crippen molar-refractivity contribution in [3.63, 3.8) is 0 Å². The number of hydrogen-bond donors (Lipinski definition) is 0. The predicted octanol–water partition coefficient (Wildman–Crippen LogP) is 4.16. The van der Waals surface area contributed by atoms with Crippen LogP contribution in [0.3, 0.4) is 0 Å². The van der Waals surface area contributed by atoms with Gasteiger partial charge in [-0.1, -0.05) is 59.8 Å². The van der Waals surface area contributed by atoms with Crippen LogP contribution in [0.25, 0.3) is 6.08 Å². The summed E-state index contributed by atoms with van der Waals surface area (Å²) in [5.74, 6) is 0.253. The van der Waals surface area contributed by atoms with Crippen LogP contribution in [0.15, 0.2) is 53.4 Å². The molecule has 0 spiro atoms. The molecule has 2 amide bonds. The van der Waals surface area contributed by atoms with E-state index >= 15 is 0 Å². The Morgan fingerprint density at radius 2 is 1.92 bits per heavy atom. The molecule has 0 unspecified atom stereocenters. The van der Waals surface area contributed by atoms with Crippen LogP contribution in [0.2, 0.25) is 5.02 Å². The minimum atomic E-state index is -3.18. The Bertz CT molecular complexity index is 1290. The van der Waals surface area contributed by atoms with Crippen LogP contribution in [0, 0.1) is 0 Å². The van der Waals surface area contributed by atoms with E-state index in [1.54, 1.807) is 30.2 Å². The first-order valence-electron chi connectivity index (χ1n) is 11.3. The van der Waals surface area contributed by atoms with Gasteiger partial charge in [-0.05, 0) is 47.9 Å². The molecule has 2 heterocycles. The molecule has 2 fully saturated rings. The van der Waals surface area contributed by atoms with Crippen molar-refractivity contribution >= 4 is 67.6 Å². The number of rotatable bonds is 8. The highest BCUT2D eigenvalue weighted by atomic mass is 35.5. The lowest BCUT2D eigenvalue weighted by molar-refractivity contribution is -0.134. The molecule has 0 aliphatic carbocycles. The molecule has 2 aromatic rings. The number of thiocarbonyl (C=S) groups is 1. The monoisotopic (exact) mass is 564 g/mol. The first-order valence-corrected chi connectivity index (χ1v) is 14.7. The molecular weight excluding hydrogens is 540 g/mol. The summed E-state index contributed by atoms with van der Waals surface area (Å²) in [4.78, 5) is 29.8. The fourth-order valence-electron chi connectivity index (χ4n) is 4.12. The maximum absolute atomic E-state index is 13.3. The highest BCUT2D eigenvalue weighted by Crippen LogP contribution is 2.33. The van der Waals surface area contributed by atoms with E-state index in [1.165, 1.54) is 16.7 Å². The normalized spacial score (nSPS) is 20.2. The maximum Gasteiger partial charge on any atom is 0.266 e. The number of carbonyl (C=O) groups is 2. The van der Waals surface area contributed by atoms with Crippen LogP contribution >= 0.6 is 35.6 Å². The molecule has 0 radical (unpaired) electrons. The van der Waals surface area contributed by atoms with Gasteiger partial charge in [0.2, 0.25) is 5.91 Å². The van der Waals surface area contributed by atoms with Crippen molar-refractivity contribution < 1.29 is 22.7 Å². The summed E-state index contributed by atoms with van der Waals surface area (Å²) in [5, 5.41) is 0.581. The summed E-state index contributed by atoms with van der Waals surface area (Å²) in [6.07, 6.45) is 2.19. The van der Waals surface area contributed by atoms with Crippen molar-refractivity contribution in [2.45, 2.75) is 25.4 Å². The van der Waals surface area contributed by atoms with Gasteiger partial charge in [0.15, 0.2) is 9.84 Å². The number of amides is 2. The number of nitrogens with zero attached hydrogens (tertiary/aromatic N) is 2. The lowest BCUT2D eigenvalue weighted by atomic mass is 10.1. The van der Waals surface area contributed by atoms with Crippen LogP contribution in [0.1, 0.15) is 24.0 Å². The van der Waals surface area contributed by atoms with Gasteiger partial charge in [-0.3, -0.25) is 14.5 Å². The molecule has 1 atom stereocenters. The van der Waals surface area contributed by atoms with E-state index in [4.69, 9.17) is 28.6 Å². The molecule has 2 aliphatic rings. The third-order valence-corrected chi connectivity index (χ3v) is 9.45. The van der Waals surface area contributed by atoms with Crippen molar-refractivity contribution in [3.05, 3.63) is 69.6 Å². The minimum Gasteiger partial charge on any atom is -0.497 e. The second kappa shape index (κ2) is 11.3. The summed E-state index contributed by atoms with van der Waals surface area (Å²) in [5.41, 5.74) is 1.69. The number of methoxy groups -OCH3 is 1. The van der Waals surface area contributed by atoms with E-state index in [2.05, 4.69) is 0 Å². The van der Waals surface area contributed by atoms with E-state index in [0.29, 0.717) is 20.7 Å². The molecular formula is C25H25ClN2O5S3. The highest BCUT2D eigenvalue weighted by Gasteiger charge is 2.36. The van der Waals surface area contributed by atoms with E-state index in [0.717, 1.165) is 16.9 Å². The highest BCUT2D eigenvalue weighted by molar-refractivity contribution is 8.26. The maximum atomic E-state index is 13.3. The standard InChI is InChI=1S/C25H25ClN2O5S3/c1-33-21-8-4-17(5-9-21)14-22-24(30)27(25(34)35-22)12-10-23(29)28(20-11-13-36(31,32)16-20)15-18-2-6-19(26)7-3-18/h2-9,14,20H,10-13,15-16H2,1H3/b22-14-/t20-/m0/s1. The van der Waals surface area contributed by atoms with Crippen molar-refractivity contribution in [2.24, 2.45) is 0 Å². The molecule has 0 saturated carbocycles. The van der Waals surface area contributed by atoms with Crippen LogP contribution in [-0.2, 0) is 26.0 Å². The first-order chi connectivity index (χ1) is 17.1. The Labute approximate surface area is 225 Å². The average Bonchev–Trinajstić information content (AvgIpc) is 3.34. The molecule has 190 valence electrons. The minimum absolute atomic E-state index is 0.0341. The number of ether oxygens (including phenoxy) is 1. The molecule has 2 aliphatic heterocycles. The van der Waals surface area contributed by atoms with Crippen LogP contribution in [-0.4, -0.2) is 65.6 Å². The molecule has 2 saturated heterocycles. The molecule has 36 heavy (non-hydrogen) atoms. The molecule has 0 N–H and O–H groups in total. The summed E-state index contributed by atoms with van der Waals surface area (Å²) in [6, 6.07) is 14.0. The van der Waals surface area contributed by atoms with Gasteiger partial charge in [-0.25, -0.2) is 8.42 Å². The smallest absolute Gasteiger partial charge is 0.266 e. The van der Waals surface area contributed by atoms with E-state index in [1.807, 2.05) is 36.4 Å². The van der Waals surface area contributed by atoms with E-state index in [-0.39, 0.29) is 42.8 Å². The molecule has 0 aromatic heterocycles. The predicted molar refractivity (Wildman–Crippen MR) is 147 cm³/mol. The number of sulfone groups is 1. The fraction of sp³-hybridized carbons (Fsp3) is 0.320. The summed E-state index contributed by atoms with van der Waals surface area (Å²) in [6.45, 7) is 0.395. The van der Waals surface area contributed by atoms with Crippen LogP contribution in [0.4, 0.5) is 0 Å². The van der Waals surface area contributed by atoms with Crippen molar-refractivity contribution in [2.75, 3.05) is 25.2 Å². The van der Waals surface area contributed by atoms with Gasteiger partial charge in [0.25, 0.3) is 5.91 Å². The summed E-state index contributed by atoms with van der Waals surface area (Å²) >= 11 is 12.6. The molecule has 11 heteroatoms. The van der Waals surface area contributed by atoms with Gasteiger partial charge < -0.3 is 9.64 Å². The number of halogens is 1. The summed E-state index contributed by atoms with van der Waals surface area (Å²) in [7, 11) is -1.59. The number of benzene rings is 2. The van der Waals surface area contributed by atoms with Gasteiger partial charge in [0.05, 0.1) is 23.5 Å². The van der Waals surface area contributed by atoms with Gasteiger partial charge in [0.1, 0.15) is 10.1 Å². The van der Waals surface area contributed by atoms with Crippen LogP contribution in [0.5, 0.6) is 5.75 Å². The van der Waals surface area contributed by atoms with Gasteiger partial charge in [-0.15, -0.1) is 0 Å². The second-order valence-electron chi connectivity index (χ2n) is 8.56. The lowest BCUT2D eigenvalue weighted by Crippen LogP contribution is -2.42. The average molecular weight is 565 g/mol. The zero-order valence-corrected chi connectivity index (χ0v) is 22.8. The Kier molecular flexibility index (Phi) is 8.39. The van der Waals surface area contributed by atoms with Crippen molar-refractivity contribution in [3.8, 4) is 5.75 Å². The van der Waals surface area contributed by atoms with Gasteiger partial charge >= 0.3 is 0 Å². The largest absolute Gasteiger partial charge is 0.497 e. The van der Waals surface area contributed by atoms with E-state index < -0.39 is 15.9 Å². The number of thioether (sulfide) groups is 1. The molecule has 4 rings (SSSR count). The third kappa shape index (κ3) is 6.47. The van der Waals surface area contributed by atoms with Crippen molar-refractivity contribution in [1.82, 2.24) is 9.80 Å². The third-order valence-electron chi connectivity index (χ3n) is 6.07.